The van der Waals surface area contributed by atoms with Gasteiger partial charge in [0.1, 0.15) is 0 Å². The molecule has 0 aliphatic heterocycles. The van der Waals surface area contributed by atoms with E-state index >= 15 is 0 Å². The van der Waals surface area contributed by atoms with E-state index in [1.165, 1.54) is 11.1 Å². The van der Waals surface area contributed by atoms with Crippen LogP contribution in [0.3, 0.4) is 0 Å². The van der Waals surface area contributed by atoms with Gasteiger partial charge in [0.2, 0.25) is 11.9 Å². The van der Waals surface area contributed by atoms with Gasteiger partial charge >= 0.3 is 0 Å². The molecule has 0 aliphatic carbocycles. The first kappa shape index (κ1) is 13.4. The molecular formula is C12H14N6. The minimum absolute atomic E-state index is 0.0121. The molecule has 0 amide bonds. The maximum atomic E-state index is 8.65. The van der Waals surface area contributed by atoms with E-state index in [-0.39, 0.29) is 11.9 Å². The van der Waals surface area contributed by atoms with Crippen LogP contribution in [0.2, 0.25) is 0 Å². The van der Waals surface area contributed by atoms with Crippen molar-refractivity contribution in [2.24, 2.45) is 15.7 Å². The quantitative estimate of drug-likeness (QED) is 0.562. The molecule has 6 nitrogen and oxygen atoms in total. The van der Waals surface area contributed by atoms with E-state index in [0.29, 0.717) is 5.56 Å². The predicted octanol–water partition coefficient (Wildman–Crippen LogP) is 0.788. The summed E-state index contributed by atoms with van der Waals surface area (Å²) in [4.78, 5) is 9.22. The highest BCUT2D eigenvalue weighted by molar-refractivity contribution is 5.98. The number of benzene rings is 1. The number of nitriles is 1. The van der Waals surface area contributed by atoms with Crippen LogP contribution in [0, 0.1) is 16.7 Å². The van der Waals surface area contributed by atoms with Gasteiger partial charge in [-0.25, -0.2) is 4.99 Å². The van der Waals surface area contributed by atoms with Gasteiger partial charge in [-0.15, -0.1) is 0 Å². The Balaban J connectivity index is 2.74. The van der Waals surface area contributed by atoms with Crippen molar-refractivity contribution in [3.05, 3.63) is 35.4 Å². The van der Waals surface area contributed by atoms with Gasteiger partial charge in [0.15, 0.2) is 0 Å². The van der Waals surface area contributed by atoms with Gasteiger partial charge in [-0.2, -0.15) is 10.3 Å². The fourth-order valence-electron chi connectivity index (χ4n) is 1.02. The van der Waals surface area contributed by atoms with Crippen LogP contribution in [0.4, 0.5) is 0 Å². The first-order valence-electron chi connectivity index (χ1n) is 5.17. The molecule has 1 aromatic carbocycles. The average molecular weight is 242 g/mol. The van der Waals surface area contributed by atoms with Crippen molar-refractivity contribution in [2.45, 2.75) is 0 Å². The highest BCUT2D eigenvalue weighted by atomic mass is 15.2. The van der Waals surface area contributed by atoms with Gasteiger partial charge in [0.25, 0.3) is 0 Å². The van der Waals surface area contributed by atoms with E-state index in [4.69, 9.17) is 16.4 Å². The molecule has 0 fully saturated rings. The number of guanidine groups is 2. The highest BCUT2D eigenvalue weighted by Gasteiger charge is 1.96. The first-order valence-corrected chi connectivity index (χ1v) is 5.17. The Kier molecular flexibility index (Phi) is 4.58. The minimum atomic E-state index is 0.0121. The Morgan fingerprint density at radius 3 is 2.50 bits per heavy atom. The van der Waals surface area contributed by atoms with Crippen LogP contribution in [0.5, 0.6) is 0 Å². The predicted molar refractivity (Wildman–Crippen MR) is 71.8 cm³/mol. The Hall–Kier alpha value is -2.68. The van der Waals surface area contributed by atoms with E-state index in [9.17, 15) is 0 Å². The third kappa shape index (κ3) is 4.06. The molecule has 0 saturated carbocycles. The number of nitrogens with zero attached hydrogens (tertiary/aromatic N) is 4. The van der Waals surface area contributed by atoms with Crippen LogP contribution in [0.15, 0.2) is 34.3 Å². The first-order chi connectivity index (χ1) is 8.52. The number of nitrogens with one attached hydrogen (secondary N) is 1. The van der Waals surface area contributed by atoms with Crippen LogP contribution < -0.4 is 5.73 Å². The SMILES string of the molecule is CN(C)C(=N)/N=C(N)/N=C/c1ccc(C#N)cc1. The van der Waals surface area contributed by atoms with Crippen LogP contribution in [-0.4, -0.2) is 37.1 Å². The van der Waals surface area contributed by atoms with Crippen molar-refractivity contribution in [1.29, 1.82) is 10.7 Å². The van der Waals surface area contributed by atoms with Crippen molar-refractivity contribution in [3.8, 4) is 6.07 Å². The molecule has 0 bridgehead atoms. The van der Waals surface area contributed by atoms with Crippen LogP contribution in [-0.2, 0) is 0 Å². The van der Waals surface area contributed by atoms with Crippen molar-refractivity contribution in [1.82, 2.24) is 4.90 Å². The molecular weight excluding hydrogens is 228 g/mol. The van der Waals surface area contributed by atoms with E-state index < -0.39 is 0 Å². The maximum Gasteiger partial charge on any atom is 0.223 e. The van der Waals surface area contributed by atoms with E-state index in [2.05, 4.69) is 9.98 Å². The smallest absolute Gasteiger partial charge is 0.223 e. The van der Waals surface area contributed by atoms with E-state index in [0.717, 1.165) is 5.56 Å². The van der Waals surface area contributed by atoms with Gasteiger partial charge < -0.3 is 10.6 Å². The fraction of sp³-hybridized carbons (Fsp3) is 0.167. The molecule has 3 N–H and O–H groups in total. The Bertz CT molecular complexity index is 518. The molecule has 0 heterocycles. The van der Waals surface area contributed by atoms with Crippen molar-refractivity contribution in [3.63, 3.8) is 0 Å². The zero-order valence-corrected chi connectivity index (χ0v) is 10.3. The number of aliphatic imine (C=N–C) groups is 2. The molecule has 0 radical (unpaired) electrons. The molecule has 0 aromatic heterocycles. The zero-order chi connectivity index (χ0) is 13.5. The largest absolute Gasteiger partial charge is 0.368 e. The second-order valence-corrected chi connectivity index (χ2v) is 3.68. The number of hydrogen-bond acceptors (Lipinski definition) is 2. The van der Waals surface area contributed by atoms with Gasteiger partial charge in [-0.1, -0.05) is 12.1 Å². The molecule has 0 aliphatic rings. The lowest BCUT2D eigenvalue weighted by molar-refractivity contribution is 0.609. The van der Waals surface area contributed by atoms with Crippen molar-refractivity contribution >= 4 is 18.1 Å². The Morgan fingerprint density at radius 1 is 1.39 bits per heavy atom. The third-order valence-corrected chi connectivity index (χ3v) is 2.03. The molecule has 0 unspecified atom stereocenters. The summed E-state index contributed by atoms with van der Waals surface area (Å²) >= 11 is 0. The van der Waals surface area contributed by atoms with Gasteiger partial charge in [-0.3, -0.25) is 5.41 Å². The molecule has 6 heteroatoms. The monoisotopic (exact) mass is 242 g/mol. The summed E-state index contributed by atoms with van der Waals surface area (Å²) in [6.45, 7) is 0. The van der Waals surface area contributed by atoms with Crippen molar-refractivity contribution in [2.75, 3.05) is 14.1 Å². The lowest BCUT2D eigenvalue weighted by Crippen LogP contribution is -2.22. The summed E-state index contributed by atoms with van der Waals surface area (Å²) < 4.78 is 0. The van der Waals surface area contributed by atoms with Crippen molar-refractivity contribution < 1.29 is 0 Å². The number of hydrogen-bond donors (Lipinski definition) is 2. The van der Waals surface area contributed by atoms with Gasteiger partial charge in [-0.05, 0) is 17.7 Å². The topological polar surface area (TPSA) is 102 Å². The normalized spacial score (nSPS) is 11.3. The molecule has 18 heavy (non-hydrogen) atoms. The standard InChI is InChI=1S/C12H14N6/c1-18(2)12(15)17-11(14)16-8-10-5-3-9(7-13)4-6-10/h3-6,8H,1-2H3,(H3,14,15,17)/b16-8+. The van der Waals surface area contributed by atoms with Gasteiger partial charge in [0, 0.05) is 20.3 Å². The fourth-order valence-corrected chi connectivity index (χ4v) is 1.02. The highest BCUT2D eigenvalue weighted by Crippen LogP contribution is 2.00. The molecule has 0 saturated heterocycles. The lowest BCUT2D eigenvalue weighted by atomic mass is 10.2. The summed E-state index contributed by atoms with van der Waals surface area (Å²) in [6.07, 6.45) is 1.53. The van der Waals surface area contributed by atoms with Crippen LogP contribution in [0.1, 0.15) is 11.1 Å². The second-order valence-electron chi connectivity index (χ2n) is 3.68. The molecule has 0 atom stereocenters. The Labute approximate surface area is 106 Å². The Morgan fingerprint density at radius 2 is 2.00 bits per heavy atom. The molecule has 1 aromatic rings. The van der Waals surface area contributed by atoms with Crippen LogP contribution in [0.25, 0.3) is 0 Å². The summed E-state index contributed by atoms with van der Waals surface area (Å²) in [6, 6.07) is 8.93. The minimum Gasteiger partial charge on any atom is -0.368 e. The zero-order valence-electron chi connectivity index (χ0n) is 10.3. The second kappa shape index (κ2) is 6.15. The van der Waals surface area contributed by atoms with E-state index in [1.54, 1.807) is 38.4 Å². The third-order valence-electron chi connectivity index (χ3n) is 2.03. The summed E-state index contributed by atoms with van der Waals surface area (Å²) in [7, 11) is 3.40. The molecule has 1 rings (SSSR count). The average Bonchev–Trinajstić information content (AvgIpc) is 2.36. The summed E-state index contributed by atoms with van der Waals surface area (Å²) in [5, 5.41) is 16.1. The van der Waals surface area contributed by atoms with Crippen LogP contribution >= 0.6 is 0 Å². The number of rotatable bonds is 1. The summed E-state index contributed by atoms with van der Waals surface area (Å²) in [5.74, 6) is 0.0440. The lowest BCUT2D eigenvalue weighted by Gasteiger charge is -2.07. The maximum absolute atomic E-state index is 8.65. The molecule has 0 spiro atoms. The van der Waals surface area contributed by atoms with E-state index in [1.807, 2.05) is 6.07 Å². The van der Waals surface area contributed by atoms with Gasteiger partial charge in [0.05, 0.1) is 11.6 Å². The summed E-state index contributed by atoms with van der Waals surface area (Å²) in [5.41, 5.74) is 6.94. The molecule has 92 valence electrons. The number of nitrogens with two attached hydrogens (primary N) is 1.